The van der Waals surface area contributed by atoms with Crippen molar-refractivity contribution in [1.29, 1.82) is 0 Å². The van der Waals surface area contributed by atoms with Gasteiger partial charge in [0, 0.05) is 51.9 Å². The fourth-order valence-electron chi connectivity index (χ4n) is 5.27. The Labute approximate surface area is 245 Å². The molecular weight excluding hydrogens is 562 g/mol. The Kier molecular flexibility index (Phi) is 8.44. The van der Waals surface area contributed by atoms with E-state index in [9.17, 15) is 9.59 Å². The first-order valence-corrected chi connectivity index (χ1v) is 14.1. The summed E-state index contributed by atoms with van der Waals surface area (Å²) in [5.41, 5.74) is 5.56. The number of morpholine rings is 1. The molecule has 219 valence electrons. The number of ether oxygens (including phenoxy) is 1. The summed E-state index contributed by atoms with van der Waals surface area (Å²) in [5, 5.41) is 6.96. The standard InChI is InChI=1S/C28H31F2N8O3Si/c1-3-22(39)37-9-7-28(42,16-37)38-27(32-8-10-35-11-13-41-14-12-35)23(26(31)40)20(34-38)6-5-18-19(29)15-21-25(24(18)30)33-17-36(21)4-2/h3,15,17,32H,1,4,7-14,16H2,2H3,(H2,31,40)/t28-/m1/s1. The van der Waals surface area contributed by atoms with Gasteiger partial charge in [0.1, 0.15) is 22.7 Å². The van der Waals surface area contributed by atoms with Gasteiger partial charge in [-0.1, -0.05) is 12.5 Å². The third-order valence-corrected chi connectivity index (χ3v) is 8.17. The molecule has 0 saturated carbocycles. The van der Waals surface area contributed by atoms with E-state index in [1.165, 1.54) is 18.5 Å². The van der Waals surface area contributed by atoms with Crippen molar-refractivity contribution < 1.29 is 23.1 Å². The Hall–Kier alpha value is -4.06. The number of amides is 2. The first-order valence-electron chi connectivity index (χ1n) is 13.6. The van der Waals surface area contributed by atoms with Crippen LogP contribution in [0.1, 0.15) is 35.0 Å². The number of aryl methyl sites for hydroxylation is 1. The molecule has 0 unspecified atom stereocenters. The highest BCUT2D eigenvalue weighted by Gasteiger charge is 2.41. The van der Waals surface area contributed by atoms with Crippen molar-refractivity contribution in [2.24, 2.45) is 5.73 Å². The van der Waals surface area contributed by atoms with E-state index < -0.39 is 28.3 Å². The van der Waals surface area contributed by atoms with Crippen molar-refractivity contribution in [3.63, 3.8) is 0 Å². The first kappa shape index (κ1) is 29.4. The van der Waals surface area contributed by atoms with E-state index in [1.54, 1.807) is 14.1 Å². The number of anilines is 1. The van der Waals surface area contributed by atoms with Crippen LogP contribution in [0, 0.1) is 23.5 Å². The molecule has 2 amide bonds. The molecule has 1 aromatic carbocycles. The highest BCUT2D eigenvalue weighted by atomic mass is 28.1. The number of hydrogen-bond donors (Lipinski definition) is 2. The van der Waals surface area contributed by atoms with Gasteiger partial charge in [0.05, 0.1) is 46.0 Å². The maximum absolute atomic E-state index is 15.3. The van der Waals surface area contributed by atoms with Gasteiger partial charge in [0.2, 0.25) is 5.91 Å². The van der Waals surface area contributed by atoms with Crippen molar-refractivity contribution in [2.45, 2.75) is 25.1 Å². The van der Waals surface area contributed by atoms with E-state index in [4.69, 9.17) is 10.5 Å². The van der Waals surface area contributed by atoms with E-state index in [2.05, 4.69) is 49.0 Å². The fourth-order valence-corrected chi connectivity index (χ4v) is 5.73. The van der Waals surface area contributed by atoms with Crippen molar-refractivity contribution in [3.8, 4) is 11.8 Å². The van der Waals surface area contributed by atoms with Crippen LogP contribution in [-0.2, 0) is 21.2 Å². The average Bonchev–Trinajstić information content (AvgIpc) is 3.69. The molecule has 0 bridgehead atoms. The number of imidazole rings is 1. The summed E-state index contributed by atoms with van der Waals surface area (Å²) in [7, 11) is 3.81. The minimum absolute atomic E-state index is 0.00860. The summed E-state index contributed by atoms with van der Waals surface area (Å²) >= 11 is 0. The molecule has 2 saturated heterocycles. The van der Waals surface area contributed by atoms with Crippen LogP contribution >= 0.6 is 0 Å². The summed E-state index contributed by atoms with van der Waals surface area (Å²) in [5.74, 6) is 2.67. The number of rotatable bonds is 8. The predicted molar refractivity (Wildman–Crippen MR) is 153 cm³/mol. The lowest BCUT2D eigenvalue weighted by molar-refractivity contribution is -0.125. The summed E-state index contributed by atoms with van der Waals surface area (Å²) in [6.45, 7) is 10.5. The zero-order valence-corrected chi connectivity index (χ0v) is 24.3. The van der Waals surface area contributed by atoms with E-state index in [0.717, 1.165) is 13.1 Å². The third-order valence-electron chi connectivity index (χ3n) is 7.55. The number of nitrogens with two attached hydrogens (primary N) is 1. The van der Waals surface area contributed by atoms with Crippen LogP contribution in [0.4, 0.5) is 14.6 Å². The van der Waals surface area contributed by atoms with E-state index in [0.29, 0.717) is 57.1 Å². The van der Waals surface area contributed by atoms with Crippen molar-refractivity contribution in [3.05, 3.63) is 53.5 Å². The Morgan fingerprint density at radius 2 is 2.05 bits per heavy atom. The summed E-state index contributed by atoms with van der Waals surface area (Å²) in [4.78, 5) is 33.0. The molecule has 5 rings (SSSR count). The number of likely N-dealkylation sites (tertiary alicyclic amines) is 1. The zero-order valence-electron chi connectivity index (χ0n) is 23.3. The predicted octanol–water partition coefficient (Wildman–Crippen LogP) is 1.01. The molecule has 14 heteroatoms. The molecule has 2 aliphatic rings. The van der Waals surface area contributed by atoms with Crippen molar-refractivity contribution >= 4 is 38.9 Å². The number of benzene rings is 1. The maximum atomic E-state index is 15.3. The van der Waals surface area contributed by atoms with E-state index in [-0.39, 0.29) is 29.2 Å². The second kappa shape index (κ2) is 12.0. The van der Waals surface area contributed by atoms with Crippen LogP contribution in [0.25, 0.3) is 11.0 Å². The summed E-state index contributed by atoms with van der Waals surface area (Å²) < 4.78 is 38.9. The number of nitrogens with zero attached hydrogens (tertiary/aromatic N) is 6. The monoisotopic (exact) mass is 593 g/mol. The van der Waals surface area contributed by atoms with Crippen LogP contribution in [0.15, 0.2) is 25.0 Å². The molecule has 1 atom stereocenters. The number of carbonyl (C=O) groups excluding carboxylic acids is 2. The largest absolute Gasteiger partial charge is 0.379 e. The van der Waals surface area contributed by atoms with Crippen LogP contribution in [0.2, 0.25) is 0 Å². The molecule has 3 radical (unpaired) electrons. The Morgan fingerprint density at radius 3 is 2.74 bits per heavy atom. The molecule has 0 spiro atoms. The molecule has 0 aliphatic carbocycles. The van der Waals surface area contributed by atoms with Gasteiger partial charge < -0.3 is 25.3 Å². The fraction of sp³-hybridized carbons (Fsp3) is 0.429. The van der Waals surface area contributed by atoms with Gasteiger partial charge in [-0.2, -0.15) is 5.10 Å². The van der Waals surface area contributed by atoms with E-state index in [1.807, 2.05) is 6.92 Å². The third kappa shape index (κ3) is 5.55. The van der Waals surface area contributed by atoms with E-state index >= 15 is 8.78 Å². The second-order valence-corrected chi connectivity index (χ2v) is 11.1. The van der Waals surface area contributed by atoms with Gasteiger partial charge >= 0.3 is 0 Å². The number of aromatic nitrogens is 4. The van der Waals surface area contributed by atoms with Gasteiger partial charge in [0.15, 0.2) is 11.5 Å². The van der Waals surface area contributed by atoms with Gasteiger partial charge in [0.25, 0.3) is 5.91 Å². The number of hydrogen-bond acceptors (Lipinski definition) is 7. The Morgan fingerprint density at radius 1 is 1.29 bits per heavy atom. The lowest BCUT2D eigenvalue weighted by atomic mass is 10.1. The summed E-state index contributed by atoms with van der Waals surface area (Å²) in [6, 6.07) is 1.18. The number of fused-ring (bicyclic) bond motifs is 1. The van der Waals surface area contributed by atoms with Crippen molar-refractivity contribution in [2.75, 3.05) is 57.8 Å². The van der Waals surface area contributed by atoms with Gasteiger partial charge in [-0.15, -0.1) is 0 Å². The minimum atomic E-state index is -0.910. The first-order chi connectivity index (χ1) is 20.2. The smallest absolute Gasteiger partial charge is 0.255 e. The number of carbonyl (C=O) groups is 2. The SMILES string of the molecule is C=CC(=O)N1CC[C@]([Si])(n2nc(C#Cc3c(F)cc4c(ncn4CC)c3F)c(C(N)=O)c2NCCN2CCOCC2)C1. The van der Waals surface area contributed by atoms with Crippen LogP contribution < -0.4 is 11.1 Å². The zero-order chi connectivity index (χ0) is 30.0. The molecule has 2 aromatic heterocycles. The molecule has 3 N–H and O–H groups in total. The number of nitrogens with one attached hydrogen (secondary N) is 1. The molecule has 2 fully saturated rings. The number of halogens is 2. The molecular formula is C28H31F2N8O3Si. The highest BCUT2D eigenvalue weighted by molar-refractivity contribution is 6.15. The van der Waals surface area contributed by atoms with Crippen LogP contribution in [0.5, 0.6) is 0 Å². The molecule has 11 nitrogen and oxygen atoms in total. The second-order valence-electron chi connectivity index (χ2n) is 10.2. The van der Waals surface area contributed by atoms with Gasteiger partial charge in [-0.3, -0.25) is 14.5 Å². The number of primary amides is 1. The van der Waals surface area contributed by atoms with Gasteiger partial charge in [-0.25, -0.2) is 18.4 Å². The average molecular weight is 594 g/mol. The molecule has 42 heavy (non-hydrogen) atoms. The Bertz CT molecular complexity index is 1600. The quantitative estimate of drug-likeness (QED) is 0.227. The minimum Gasteiger partial charge on any atom is -0.379 e. The lowest BCUT2D eigenvalue weighted by Crippen LogP contribution is -2.41. The molecule has 3 aromatic rings. The van der Waals surface area contributed by atoms with Crippen LogP contribution in [-0.4, -0.2) is 104 Å². The Balaban J connectivity index is 1.55. The normalized spacial score (nSPS) is 19.1. The van der Waals surface area contributed by atoms with Gasteiger partial charge in [-0.05, 0) is 25.3 Å². The van der Waals surface area contributed by atoms with Crippen molar-refractivity contribution in [1.82, 2.24) is 29.1 Å². The maximum Gasteiger partial charge on any atom is 0.255 e. The van der Waals surface area contributed by atoms with Crippen LogP contribution in [0.3, 0.4) is 0 Å². The highest BCUT2D eigenvalue weighted by Crippen LogP contribution is 2.32. The topological polar surface area (TPSA) is 124 Å². The molecule has 2 aliphatic heterocycles. The molecule has 4 heterocycles. The lowest BCUT2D eigenvalue weighted by Gasteiger charge is -2.29. The summed E-state index contributed by atoms with van der Waals surface area (Å²) in [6.07, 6.45) is 3.12.